The summed E-state index contributed by atoms with van der Waals surface area (Å²) in [6.07, 6.45) is -9.70. The molecular formula is C9H15F6N. The first-order valence-electron chi connectivity index (χ1n) is 5.05. The summed E-state index contributed by atoms with van der Waals surface area (Å²) < 4.78 is 70.0. The maximum atomic E-state index is 11.7. The highest BCUT2D eigenvalue weighted by Gasteiger charge is 2.26. The van der Waals surface area contributed by atoms with Crippen molar-refractivity contribution in [1.82, 2.24) is 5.32 Å². The monoisotopic (exact) mass is 251 g/mol. The predicted octanol–water partition coefficient (Wildman–Crippen LogP) is 3.65. The summed E-state index contributed by atoms with van der Waals surface area (Å²) in [4.78, 5) is 0. The SMILES string of the molecule is FC(F)(F)CCCCNCCCC(F)(F)F. The highest BCUT2D eigenvalue weighted by Crippen LogP contribution is 2.22. The van der Waals surface area contributed by atoms with Gasteiger partial charge in [-0.1, -0.05) is 0 Å². The van der Waals surface area contributed by atoms with Crippen LogP contribution in [-0.2, 0) is 0 Å². The van der Waals surface area contributed by atoms with Crippen molar-refractivity contribution in [2.24, 2.45) is 0 Å². The van der Waals surface area contributed by atoms with Crippen molar-refractivity contribution in [3.05, 3.63) is 0 Å². The molecule has 98 valence electrons. The third-order valence-corrected chi connectivity index (χ3v) is 1.88. The molecule has 0 amide bonds. The first-order chi connectivity index (χ1) is 7.21. The van der Waals surface area contributed by atoms with Gasteiger partial charge in [0.05, 0.1) is 0 Å². The van der Waals surface area contributed by atoms with E-state index in [2.05, 4.69) is 5.32 Å². The number of hydrogen-bond donors (Lipinski definition) is 1. The van der Waals surface area contributed by atoms with Gasteiger partial charge < -0.3 is 5.32 Å². The lowest BCUT2D eigenvalue weighted by atomic mass is 10.2. The van der Waals surface area contributed by atoms with Crippen molar-refractivity contribution < 1.29 is 26.3 Å². The Morgan fingerprint density at radius 3 is 1.56 bits per heavy atom. The Hall–Kier alpha value is -0.460. The predicted molar refractivity (Wildman–Crippen MR) is 48.1 cm³/mol. The molecule has 1 N–H and O–H groups in total. The van der Waals surface area contributed by atoms with Crippen LogP contribution < -0.4 is 5.32 Å². The highest BCUT2D eigenvalue weighted by atomic mass is 19.4. The van der Waals surface area contributed by atoms with Gasteiger partial charge in [-0.2, -0.15) is 26.3 Å². The lowest BCUT2D eigenvalue weighted by Gasteiger charge is -2.08. The molecule has 0 aliphatic carbocycles. The number of alkyl halides is 6. The largest absolute Gasteiger partial charge is 0.389 e. The Balaban J connectivity index is 3.17. The molecule has 0 rings (SSSR count). The zero-order chi connectivity index (χ0) is 12.7. The quantitative estimate of drug-likeness (QED) is 0.538. The van der Waals surface area contributed by atoms with Gasteiger partial charge in [0.25, 0.3) is 0 Å². The molecule has 0 aromatic rings. The number of rotatable bonds is 7. The molecule has 16 heavy (non-hydrogen) atoms. The normalized spacial score (nSPS) is 13.1. The van der Waals surface area contributed by atoms with Gasteiger partial charge in [-0.25, -0.2) is 0 Å². The van der Waals surface area contributed by atoms with Gasteiger partial charge in [0.1, 0.15) is 0 Å². The fourth-order valence-electron chi connectivity index (χ4n) is 1.11. The van der Waals surface area contributed by atoms with Crippen molar-refractivity contribution >= 4 is 0 Å². The fraction of sp³-hybridized carbons (Fsp3) is 1.00. The van der Waals surface area contributed by atoms with Crippen molar-refractivity contribution in [2.75, 3.05) is 13.1 Å². The summed E-state index contributed by atoms with van der Waals surface area (Å²) in [5.74, 6) is 0. The lowest BCUT2D eigenvalue weighted by Crippen LogP contribution is -2.19. The Morgan fingerprint density at radius 2 is 1.06 bits per heavy atom. The minimum atomic E-state index is -4.15. The van der Waals surface area contributed by atoms with Crippen LogP contribution in [0.4, 0.5) is 26.3 Å². The summed E-state index contributed by atoms with van der Waals surface area (Å²) in [7, 11) is 0. The molecule has 0 heterocycles. The zero-order valence-corrected chi connectivity index (χ0v) is 8.72. The van der Waals surface area contributed by atoms with Crippen molar-refractivity contribution in [3.8, 4) is 0 Å². The van der Waals surface area contributed by atoms with E-state index >= 15 is 0 Å². The maximum absolute atomic E-state index is 11.7. The molecule has 0 saturated carbocycles. The second kappa shape index (κ2) is 6.98. The maximum Gasteiger partial charge on any atom is 0.389 e. The van der Waals surface area contributed by atoms with E-state index in [1.807, 2.05) is 0 Å². The number of hydrogen-bond acceptors (Lipinski definition) is 1. The van der Waals surface area contributed by atoms with Crippen LogP contribution in [-0.4, -0.2) is 25.4 Å². The van der Waals surface area contributed by atoms with Crippen LogP contribution in [0.2, 0.25) is 0 Å². The molecular weight excluding hydrogens is 236 g/mol. The molecule has 0 bridgehead atoms. The van der Waals surface area contributed by atoms with Crippen LogP contribution in [0.1, 0.15) is 32.1 Å². The summed E-state index contributed by atoms with van der Waals surface area (Å²) in [6, 6.07) is 0. The minimum absolute atomic E-state index is 0.00969. The topological polar surface area (TPSA) is 12.0 Å². The third kappa shape index (κ3) is 13.5. The molecule has 0 aromatic heterocycles. The Kier molecular flexibility index (Phi) is 6.78. The summed E-state index contributed by atoms with van der Waals surface area (Å²) in [5.41, 5.74) is 0. The first kappa shape index (κ1) is 15.5. The van der Waals surface area contributed by atoms with Crippen LogP contribution in [0.5, 0.6) is 0 Å². The molecule has 7 heteroatoms. The van der Waals surface area contributed by atoms with Crippen LogP contribution in [0.15, 0.2) is 0 Å². The van der Waals surface area contributed by atoms with Gasteiger partial charge in [-0.3, -0.25) is 0 Å². The van der Waals surface area contributed by atoms with E-state index in [0.717, 1.165) is 0 Å². The standard InChI is InChI=1S/C9H15F6N/c10-8(11,12)4-1-2-6-16-7-3-5-9(13,14)15/h16H,1-7H2. The van der Waals surface area contributed by atoms with Gasteiger partial charge in [-0.15, -0.1) is 0 Å². The van der Waals surface area contributed by atoms with Gasteiger partial charge in [-0.05, 0) is 32.4 Å². The van der Waals surface area contributed by atoms with Gasteiger partial charge >= 0.3 is 12.4 Å². The lowest BCUT2D eigenvalue weighted by molar-refractivity contribution is -0.136. The van der Waals surface area contributed by atoms with Gasteiger partial charge in [0.15, 0.2) is 0 Å². The smallest absolute Gasteiger partial charge is 0.317 e. The zero-order valence-electron chi connectivity index (χ0n) is 8.72. The number of nitrogens with one attached hydrogen (secondary N) is 1. The molecule has 0 spiro atoms. The molecule has 0 atom stereocenters. The van der Waals surface area contributed by atoms with Crippen molar-refractivity contribution in [1.29, 1.82) is 0 Å². The summed E-state index contributed by atoms with van der Waals surface area (Å²) >= 11 is 0. The van der Waals surface area contributed by atoms with Crippen LogP contribution in [0.25, 0.3) is 0 Å². The van der Waals surface area contributed by atoms with E-state index in [4.69, 9.17) is 0 Å². The second-order valence-electron chi connectivity index (χ2n) is 3.54. The molecule has 0 saturated heterocycles. The Labute approximate surface area is 90.2 Å². The summed E-state index contributed by atoms with van der Waals surface area (Å²) in [5, 5.41) is 2.68. The van der Waals surface area contributed by atoms with E-state index < -0.39 is 25.2 Å². The van der Waals surface area contributed by atoms with Crippen LogP contribution >= 0.6 is 0 Å². The fourth-order valence-corrected chi connectivity index (χ4v) is 1.11. The van der Waals surface area contributed by atoms with Crippen molar-refractivity contribution in [2.45, 2.75) is 44.5 Å². The molecule has 0 aliphatic rings. The number of unbranched alkanes of at least 4 members (excludes halogenated alkanes) is 1. The number of halogens is 6. The highest BCUT2D eigenvalue weighted by molar-refractivity contribution is 4.56. The molecule has 0 unspecified atom stereocenters. The van der Waals surface area contributed by atoms with Gasteiger partial charge in [0.2, 0.25) is 0 Å². The Morgan fingerprint density at radius 1 is 0.625 bits per heavy atom. The average molecular weight is 251 g/mol. The molecule has 0 radical (unpaired) electrons. The Bertz CT molecular complexity index is 154. The van der Waals surface area contributed by atoms with E-state index in [-0.39, 0.29) is 19.4 Å². The van der Waals surface area contributed by atoms with Crippen molar-refractivity contribution in [3.63, 3.8) is 0 Å². The van der Waals surface area contributed by atoms with E-state index in [1.54, 1.807) is 0 Å². The minimum Gasteiger partial charge on any atom is -0.317 e. The van der Waals surface area contributed by atoms with E-state index in [9.17, 15) is 26.3 Å². The summed E-state index contributed by atoms with van der Waals surface area (Å²) in [6.45, 7) is 0.513. The third-order valence-electron chi connectivity index (χ3n) is 1.88. The van der Waals surface area contributed by atoms with Gasteiger partial charge in [0, 0.05) is 12.8 Å². The first-order valence-corrected chi connectivity index (χ1v) is 5.05. The molecule has 0 fully saturated rings. The molecule has 0 aromatic carbocycles. The van der Waals surface area contributed by atoms with Crippen LogP contribution in [0, 0.1) is 0 Å². The average Bonchev–Trinajstić information content (AvgIpc) is 2.06. The van der Waals surface area contributed by atoms with Crippen LogP contribution in [0.3, 0.4) is 0 Å². The van der Waals surface area contributed by atoms with E-state index in [0.29, 0.717) is 13.0 Å². The van der Waals surface area contributed by atoms with E-state index in [1.165, 1.54) is 0 Å². The molecule has 1 nitrogen and oxygen atoms in total. The second-order valence-corrected chi connectivity index (χ2v) is 3.54. The molecule has 0 aliphatic heterocycles.